The number of hydrogen-bond donors (Lipinski definition) is 2. The van der Waals surface area contributed by atoms with E-state index in [9.17, 15) is 9.59 Å². The van der Waals surface area contributed by atoms with Gasteiger partial charge in [0.2, 0.25) is 11.8 Å². The maximum Gasteiger partial charge on any atom is 0.233 e. The van der Waals surface area contributed by atoms with Gasteiger partial charge in [-0.15, -0.1) is 0 Å². The van der Waals surface area contributed by atoms with Crippen LogP contribution in [0.25, 0.3) is 0 Å². The van der Waals surface area contributed by atoms with Crippen molar-refractivity contribution in [2.24, 2.45) is 0 Å². The summed E-state index contributed by atoms with van der Waals surface area (Å²) in [6, 6.07) is 13.3. The van der Waals surface area contributed by atoms with Crippen molar-refractivity contribution in [2.75, 3.05) is 19.0 Å². The summed E-state index contributed by atoms with van der Waals surface area (Å²) in [6.45, 7) is 4.45. The van der Waals surface area contributed by atoms with E-state index in [1.54, 1.807) is 7.11 Å². The molecule has 2 rings (SSSR count). The zero-order valence-electron chi connectivity index (χ0n) is 14.9. The number of hydrogen-bond acceptors (Lipinski definition) is 3. The summed E-state index contributed by atoms with van der Waals surface area (Å²) in [6.07, 6.45) is 0.452. The number of amides is 2. The van der Waals surface area contributed by atoms with E-state index in [1.165, 1.54) is 0 Å². The predicted octanol–water partition coefficient (Wildman–Crippen LogP) is 3.00. The first-order valence-corrected chi connectivity index (χ1v) is 8.25. The Kier molecular flexibility index (Phi) is 6.57. The smallest absolute Gasteiger partial charge is 0.233 e. The number of methoxy groups -OCH3 is 1. The van der Waals surface area contributed by atoms with Crippen molar-refractivity contribution in [1.82, 2.24) is 5.32 Å². The highest BCUT2D eigenvalue weighted by atomic mass is 16.5. The van der Waals surface area contributed by atoms with Crippen LogP contribution in [0.1, 0.15) is 23.1 Å². The van der Waals surface area contributed by atoms with E-state index in [0.29, 0.717) is 18.7 Å². The van der Waals surface area contributed by atoms with Gasteiger partial charge in [-0.3, -0.25) is 9.59 Å². The molecular weight excluding hydrogens is 316 g/mol. The molecule has 0 aliphatic heterocycles. The second-order valence-corrected chi connectivity index (χ2v) is 5.94. The normalized spacial score (nSPS) is 10.2. The van der Waals surface area contributed by atoms with Crippen LogP contribution in [0.5, 0.6) is 5.75 Å². The second kappa shape index (κ2) is 8.87. The van der Waals surface area contributed by atoms with Gasteiger partial charge in [0.25, 0.3) is 0 Å². The lowest BCUT2D eigenvalue weighted by molar-refractivity contribution is -0.126. The molecule has 2 aromatic rings. The molecule has 0 fully saturated rings. The lowest BCUT2D eigenvalue weighted by Crippen LogP contribution is -2.29. The van der Waals surface area contributed by atoms with E-state index in [4.69, 9.17) is 4.74 Å². The molecule has 5 nitrogen and oxygen atoms in total. The van der Waals surface area contributed by atoms with Gasteiger partial charge in [0.15, 0.2) is 0 Å². The standard InChI is InChI=1S/C20H24N2O3/c1-14-8-9-17(12-15(14)2)22-20(24)13-19(23)21-11-10-16-6-4-5-7-18(16)25-3/h4-9,12H,10-11,13H2,1-3H3,(H,21,23)(H,22,24). The minimum atomic E-state index is -0.321. The molecule has 0 aliphatic rings. The summed E-state index contributed by atoms with van der Waals surface area (Å²) in [4.78, 5) is 23.9. The highest BCUT2D eigenvalue weighted by molar-refractivity contribution is 6.03. The topological polar surface area (TPSA) is 67.4 Å². The number of aryl methyl sites for hydroxylation is 2. The lowest BCUT2D eigenvalue weighted by atomic mass is 10.1. The fraction of sp³-hybridized carbons (Fsp3) is 0.300. The molecule has 2 amide bonds. The number of anilines is 1. The quantitative estimate of drug-likeness (QED) is 0.762. The molecule has 2 N–H and O–H groups in total. The van der Waals surface area contributed by atoms with Crippen molar-refractivity contribution in [2.45, 2.75) is 26.7 Å². The molecule has 0 spiro atoms. The third kappa shape index (κ3) is 5.64. The average molecular weight is 340 g/mol. The van der Waals surface area contributed by atoms with Gasteiger partial charge in [0.1, 0.15) is 12.2 Å². The van der Waals surface area contributed by atoms with E-state index in [1.807, 2.05) is 56.3 Å². The summed E-state index contributed by atoms with van der Waals surface area (Å²) in [5.74, 6) is 0.179. The lowest BCUT2D eigenvalue weighted by Gasteiger charge is -2.10. The van der Waals surface area contributed by atoms with Crippen LogP contribution in [0, 0.1) is 13.8 Å². The minimum absolute atomic E-state index is 0.196. The zero-order valence-corrected chi connectivity index (χ0v) is 14.9. The Hall–Kier alpha value is -2.82. The van der Waals surface area contributed by atoms with Gasteiger partial charge >= 0.3 is 0 Å². The molecule has 0 radical (unpaired) electrons. The van der Waals surface area contributed by atoms with Gasteiger partial charge in [-0.25, -0.2) is 0 Å². The van der Waals surface area contributed by atoms with E-state index in [-0.39, 0.29) is 18.2 Å². The predicted molar refractivity (Wildman–Crippen MR) is 98.9 cm³/mol. The van der Waals surface area contributed by atoms with E-state index >= 15 is 0 Å². The van der Waals surface area contributed by atoms with Crippen LogP contribution in [-0.4, -0.2) is 25.5 Å². The molecule has 0 aromatic heterocycles. The minimum Gasteiger partial charge on any atom is -0.496 e. The van der Waals surface area contributed by atoms with Crippen LogP contribution in [0.2, 0.25) is 0 Å². The van der Waals surface area contributed by atoms with Crippen molar-refractivity contribution < 1.29 is 14.3 Å². The molecule has 0 heterocycles. The molecule has 0 unspecified atom stereocenters. The first kappa shape index (κ1) is 18.5. The molecule has 0 saturated heterocycles. The SMILES string of the molecule is COc1ccccc1CCNC(=O)CC(=O)Nc1ccc(C)c(C)c1. The summed E-state index contributed by atoms with van der Waals surface area (Å²) < 4.78 is 5.27. The van der Waals surface area contributed by atoms with E-state index in [2.05, 4.69) is 10.6 Å². The van der Waals surface area contributed by atoms with Gasteiger partial charge in [-0.1, -0.05) is 24.3 Å². The first-order chi connectivity index (χ1) is 12.0. The molecule has 0 atom stereocenters. The molecule has 0 saturated carbocycles. The number of nitrogens with one attached hydrogen (secondary N) is 2. The average Bonchev–Trinajstić information content (AvgIpc) is 2.58. The van der Waals surface area contributed by atoms with Crippen LogP contribution < -0.4 is 15.4 Å². The number of benzene rings is 2. The third-order valence-electron chi connectivity index (χ3n) is 4.02. The van der Waals surface area contributed by atoms with Crippen LogP contribution >= 0.6 is 0 Å². The molecule has 0 bridgehead atoms. The maximum atomic E-state index is 12.0. The van der Waals surface area contributed by atoms with Crippen LogP contribution in [0.15, 0.2) is 42.5 Å². The zero-order chi connectivity index (χ0) is 18.2. The van der Waals surface area contributed by atoms with Gasteiger partial charge in [0.05, 0.1) is 7.11 Å². The fourth-order valence-corrected chi connectivity index (χ4v) is 2.48. The third-order valence-corrected chi connectivity index (χ3v) is 4.02. The van der Waals surface area contributed by atoms with Crippen LogP contribution in [0.3, 0.4) is 0 Å². The Morgan fingerprint density at radius 3 is 2.48 bits per heavy atom. The van der Waals surface area contributed by atoms with Gasteiger partial charge < -0.3 is 15.4 Å². The molecular formula is C20H24N2O3. The Balaban J connectivity index is 1.77. The van der Waals surface area contributed by atoms with Crippen LogP contribution in [-0.2, 0) is 16.0 Å². The van der Waals surface area contributed by atoms with Crippen LogP contribution in [0.4, 0.5) is 5.69 Å². The van der Waals surface area contributed by atoms with Gasteiger partial charge in [0, 0.05) is 12.2 Å². The van der Waals surface area contributed by atoms with Gasteiger partial charge in [-0.2, -0.15) is 0 Å². The van der Waals surface area contributed by atoms with E-state index in [0.717, 1.165) is 22.4 Å². The van der Waals surface area contributed by atoms with Crippen molar-refractivity contribution in [1.29, 1.82) is 0 Å². The number of rotatable bonds is 7. The maximum absolute atomic E-state index is 12.0. The number of ether oxygens (including phenoxy) is 1. The molecule has 132 valence electrons. The molecule has 0 aliphatic carbocycles. The van der Waals surface area contributed by atoms with Gasteiger partial charge in [-0.05, 0) is 55.2 Å². The Bertz CT molecular complexity index is 756. The molecule has 25 heavy (non-hydrogen) atoms. The number of para-hydroxylation sites is 1. The Labute approximate surface area is 148 Å². The summed E-state index contributed by atoms with van der Waals surface area (Å²) in [5.41, 5.74) is 3.98. The monoisotopic (exact) mass is 340 g/mol. The second-order valence-electron chi connectivity index (χ2n) is 5.94. The number of carbonyl (C=O) groups excluding carboxylic acids is 2. The van der Waals surface area contributed by atoms with E-state index < -0.39 is 0 Å². The summed E-state index contributed by atoms with van der Waals surface area (Å²) >= 11 is 0. The highest BCUT2D eigenvalue weighted by Crippen LogP contribution is 2.17. The summed E-state index contributed by atoms with van der Waals surface area (Å²) in [5, 5.41) is 5.51. The Morgan fingerprint density at radius 2 is 1.76 bits per heavy atom. The van der Waals surface area contributed by atoms with Crippen molar-refractivity contribution in [3.05, 3.63) is 59.2 Å². The molecule has 5 heteroatoms. The number of carbonyl (C=O) groups is 2. The summed E-state index contributed by atoms with van der Waals surface area (Å²) in [7, 11) is 1.62. The first-order valence-electron chi connectivity index (χ1n) is 8.25. The Morgan fingerprint density at radius 1 is 1.00 bits per heavy atom. The largest absolute Gasteiger partial charge is 0.496 e. The molecule has 2 aromatic carbocycles. The van der Waals surface area contributed by atoms with Crippen molar-refractivity contribution in [3.63, 3.8) is 0 Å². The fourth-order valence-electron chi connectivity index (χ4n) is 2.48. The van der Waals surface area contributed by atoms with Crippen molar-refractivity contribution >= 4 is 17.5 Å². The van der Waals surface area contributed by atoms with Crippen molar-refractivity contribution in [3.8, 4) is 5.75 Å². The highest BCUT2D eigenvalue weighted by Gasteiger charge is 2.10.